The Kier molecular flexibility index (Phi) is 9.34. The fraction of sp³-hybridized carbons (Fsp3) is 0.667. The Morgan fingerprint density at radius 1 is 1.24 bits per heavy atom. The number of nitrogens with one attached hydrogen (secondary N) is 1. The first-order chi connectivity index (χ1) is 10.1. The van der Waals surface area contributed by atoms with Gasteiger partial charge in [0.05, 0.1) is 19.8 Å². The second kappa shape index (κ2) is 10.8. The van der Waals surface area contributed by atoms with E-state index in [1.165, 1.54) is 0 Å². The Morgan fingerprint density at radius 3 is 2.67 bits per heavy atom. The summed E-state index contributed by atoms with van der Waals surface area (Å²) in [5.41, 5.74) is 1.05. The van der Waals surface area contributed by atoms with Gasteiger partial charge < -0.3 is 19.5 Å². The molecule has 0 aromatic carbocycles. The second-order valence-electron chi connectivity index (χ2n) is 5.11. The SMILES string of the molecule is COCCOCCOc1ncc(CNCC(C)C)cc1Cl. The zero-order valence-corrected chi connectivity index (χ0v) is 13.8. The fourth-order valence-electron chi connectivity index (χ4n) is 1.61. The number of ether oxygens (including phenoxy) is 3. The number of hydrogen-bond acceptors (Lipinski definition) is 5. The van der Waals surface area contributed by atoms with Crippen molar-refractivity contribution in [3.8, 4) is 5.88 Å². The first kappa shape index (κ1) is 18.2. The van der Waals surface area contributed by atoms with Crippen molar-refractivity contribution in [3.05, 3.63) is 22.8 Å². The molecule has 0 aliphatic carbocycles. The van der Waals surface area contributed by atoms with Gasteiger partial charge >= 0.3 is 0 Å². The third-order valence-electron chi connectivity index (χ3n) is 2.64. The monoisotopic (exact) mass is 316 g/mol. The Balaban J connectivity index is 2.29. The van der Waals surface area contributed by atoms with Crippen molar-refractivity contribution in [2.75, 3.05) is 40.1 Å². The average Bonchev–Trinajstić information content (AvgIpc) is 2.44. The number of aromatic nitrogens is 1. The van der Waals surface area contributed by atoms with E-state index in [1.54, 1.807) is 13.3 Å². The van der Waals surface area contributed by atoms with Crippen molar-refractivity contribution >= 4 is 11.6 Å². The van der Waals surface area contributed by atoms with E-state index in [9.17, 15) is 0 Å². The molecule has 6 heteroatoms. The van der Waals surface area contributed by atoms with Crippen LogP contribution in [0.25, 0.3) is 0 Å². The Morgan fingerprint density at radius 2 is 2.00 bits per heavy atom. The molecule has 0 saturated heterocycles. The molecule has 0 amide bonds. The molecule has 1 rings (SSSR count). The number of halogens is 1. The summed E-state index contributed by atoms with van der Waals surface area (Å²) < 4.78 is 15.7. The average molecular weight is 317 g/mol. The topological polar surface area (TPSA) is 52.6 Å². The van der Waals surface area contributed by atoms with Crippen molar-refractivity contribution in [1.82, 2.24) is 10.3 Å². The van der Waals surface area contributed by atoms with Gasteiger partial charge in [-0.15, -0.1) is 0 Å². The highest BCUT2D eigenvalue weighted by molar-refractivity contribution is 6.31. The summed E-state index contributed by atoms with van der Waals surface area (Å²) in [4.78, 5) is 4.24. The molecular formula is C15H25ClN2O3. The lowest BCUT2D eigenvalue weighted by molar-refractivity contribution is 0.0537. The quantitative estimate of drug-likeness (QED) is 0.636. The Hall–Kier alpha value is -0.880. The van der Waals surface area contributed by atoms with Crippen LogP contribution in [0.2, 0.25) is 5.02 Å². The fourth-order valence-corrected chi connectivity index (χ4v) is 1.86. The Bertz CT molecular complexity index is 403. The summed E-state index contributed by atoms with van der Waals surface area (Å²) in [5, 5.41) is 3.87. The maximum Gasteiger partial charge on any atom is 0.232 e. The van der Waals surface area contributed by atoms with E-state index >= 15 is 0 Å². The van der Waals surface area contributed by atoms with Gasteiger partial charge in [-0.05, 0) is 24.1 Å². The molecular weight excluding hydrogens is 292 g/mol. The molecule has 0 aliphatic heterocycles. The van der Waals surface area contributed by atoms with Crippen molar-refractivity contribution in [2.24, 2.45) is 5.92 Å². The summed E-state index contributed by atoms with van der Waals surface area (Å²) in [6.07, 6.45) is 1.78. The minimum atomic E-state index is 0.418. The third kappa shape index (κ3) is 8.21. The number of rotatable bonds is 11. The van der Waals surface area contributed by atoms with Gasteiger partial charge in [0.2, 0.25) is 5.88 Å². The van der Waals surface area contributed by atoms with Gasteiger partial charge in [0.15, 0.2) is 0 Å². The summed E-state index contributed by atoms with van der Waals surface area (Å²) in [5.74, 6) is 1.06. The molecule has 0 aliphatic rings. The normalized spacial score (nSPS) is 11.1. The summed E-state index contributed by atoms with van der Waals surface area (Å²) in [6.45, 7) is 8.10. The van der Waals surface area contributed by atoms with E-state index < -0.39 is 0 Å². The molecule has 0 bridgehead atoms. The first-order valence-corrected chi connectivity index (χ1v) is 7.56. The maximum absolute atomic E-state index is 6.16. The lowest BCUT2D eigenvalue weighted by Gasteiger charge is -2.10. The molecule has 0 atom stereocenters. The summed E-state index contributed by atoms with van der Waals surface area (Å²) >= 11 is 6.16. The van der Waals surface area contributed by atoms with Crippen LogP contribution in [0.1, 0.15) is 19.4 Å². The number of hydrogen-bond donors (Lipinski definition) is 1. The summed E-state index contributed by atoms with van der Waals surface area (Å²) in [6, 6.07) is 1.88. The van der Waals surface area contributed by atoms with Gasteiger partial charge in [-0.1, -0.05) is 25.4 Å². The highest BCUT2D eigenvalue weighted by atomic mass is 35.5. The van der Waals surface area contributed by atoms with Gasteiger partial charge in [-0.2, -0.15) is 0 Å². The second-order valence-corrected chi connectivity index (χ2v) is 5.52. The first-order valence-electron chi connectivity index (χ1n) is 7.18. The van der Waals surface area contributed by atoms with Gasteiger partial charge in [0, 0.05) is 19.9 Å². The molecule has 1 aromatic rings. The lowest BCUT2D eigenvalue weighted by atomic mass is 10.2. The molecule has 0 unspecified atom stereocenters. The number of nitrogens with zero attached hydrogens (tertiary/aromatic N) is 1. The Labute approximate surface area is 131 Å². The predicted octanol–water partition coefficient (Wildman–Crippen LogP) is 2.52. The molecule has 0 saturated carbocycles. The van der Waals surface area contributed by atoms with E-state index in [0.717, 1.165) is 18.7 Å². The minimum Gasteiger partial charge on any atom is -0.474 e. The van der Waals surface area contributed by atoms with Gasteiger partial charge in [-0.25, -0.2) is 4.98 Å². The van der Waals surface area contributed by atoms with Gasteiger partial charge in [0.1, 0.15) is 11.6 Å². The van der Waals surface area contributed by atoms with Crippen LogP contribution in [0, 0.1) is 5.92 Å². The van der Waals surface area contributed by atoms with E-state index in [2.05, 4.69) is 24.1 Å². The zero-order chi connectivity index (χ0) is 15.5. The predicted molar refractivity (Wildman–Crippen MR) is 84.0 cm³/mol. The van der Waals surface area contributed by atoms with Crippen LogP contribution in [0.15, 0.2) is 12.3 Å². The molecule has 1 heterocycles. The van der Waals surface area contributed by atoms with E-state index in [1.807, 2.05) is 6.07 Å². The molecule has 120 valence electrons. The molecule has 0 spiro atoms. The number of methoxy groups -OCH3 is 1. The largest absolute Gasteiger partial charge is 0.474 e. The highest BCUT2D eigenvalue weighted by Gasteiger charge is 2.05. The molecule has 21 heavy (non-hydrogen) atoms. The van der Waals surface area contributed by atoms with Crippen molar-refractivity contribution in [2.45, 2.75) is 20.4 Å². The van der Waals surface area contributed by atoms with Gasteiger partial charge in [0.25, 0.3) is 0 Å². The number of pyridine rings is 1. The molecule has 0 radical (unpaired) electrons. The molecule has 1 aromatic heterocycles. The van der Waals surface area contributed by atoms with E-state index in [0.29, 0.717) is 43.2 Å². The van der Waals surface area contributed by atoms with Crippen molar-refractivity contribution in [3.63, 3.8) is 0 Å². The van der Waals surface area contributed by atoms with Crippen LogP contribution < -0.4 is 10.1 Å². The molecule has 5 nitrogen and oxygen atoms in total. The van der Waals surface area contributed by atoms with Crippen LogP contribution in [0.4, 0.5) is 0 Å². The standard InChI is InChI=1S/C15H25ClN2O3/c1-12(2)9-17-10-13-8-14(16)15(18-11-13)21-7-6-20-5-4-19-3/h8,11-12,17H,4-7,9-10H2,1-3H3. The van der Waals surface area contributed by atoms with Crippen molar-refractivity contribution < 1.29 is 14.2 Å². The van der Waals surface area contributed by atoms with Crippen molar-refractivity contribution in [1.29, 1.82) is 0 Å². The van der Waals surface area contributed by atoms with Crippen LogP contribution in [0.5, 0.6) is 5.88 Å². The van der Waals surface area contributed by atoms with E-state index in [-0.39, 0.29) is 0 Å². The third-order valence-corrected chi connectivity index (χ3v) is 2.91. The lowest BCUT2D eigenvalue weighted by Crippen LogP contribution is -2.19. The van der Waals surface area contributed by atoms with E-state index in [4.69, 9.17) is 25.8 Å². The zero-order valence-electron chi connectivity index (χ0n) is 13.0. The summed E-state index contributed by atoms with van der Waals surface area (Å²) in [7, 11) is 1.64. The minimum absolute atomic E-state index is 0.418. The molecule has 1 N–H and O–H groups in total. The smallest absolute Gasteiger partial charge is 0.232 e. The molecule has 0 fully saturated rings. The van der Waals surface area contributed by atoms with Crippen LogP contribution in [0.3, 0.4) is 0 Å². The maximum atomic E-state index is 6.16. The van der Waals surface area contributed by atoms with Gasteiger partial charge in [-0.3, -0.25) is 0 Å². The van der Waals surface area contributed by atoms with Crippen LogP contribution >= 0.6 is 11.6 Å². The van der Waals surface area contributed by atoms with Crippen LogP contribution in [-0.2, 0) is 16.0 Å². The van der Waals surface area contributed by atoms with Crippen LogP contribution in [-0.4, -0.2) is 45.1 Å². The highest BCUT2D eigenvalue weighted by Crippen LogP contribution is 2.22.